The molecular formula is C25H30N2O4. The van der Waals surface area contributed by atoms with Gasteiger partial charge in [0.2, 0.25) is 11.8 Å². The molecule has 4 rings (SSSR count). The fourth-order valence-corrected chi connectivity index (χ4v) is 5.07. The number of phenols is 2. The van der Waals surface area contributed by atoms with Gasteiger partial charge >= 0.3 is 0 Å². The van der Waals surface area contributed by atoms with Crippen molar-refractivity contribution >= 4 is 11.8 Å². The van der Waals surface area contributed by atoms with Crippen LogP contribution in [0.2, 0.25) is 0 Å². The van der Waals surface area contributed by atoms with E-state index >= 15 is 0 Å². The quantitative estimate of drug-likeness (QED) is 0.739. The van der Waals surface area contributed by atoms with Gasteiger partial charge in [0.25, 0.3) is 0 Å². The van der Waals surface area contributed by atoms with Crippen molar-refractivity contribution in [2.45, 2.75) is 57.0 Å². The van der Waals surface area contributed by atoms with Gasteiger partial charge in [0, 0.05) is 25.9 Å². The highest BCUT2D eigenvalue weighted by molar-refractivity contribution is 5.85. The summed E-state index contributed by atoms with van der Waals surface area (Å²) >= 11 is 0. The van der Waals surface area contributed by atoms with Crippen molar-refractivity contribution in [1.29, 1.82) is 0 Å². The van der Waals surface area contributed by atoms with E-state index in [4.69, 9.17) is 0 Å². The highest BCUT2D eigenvalue weighted by Crippen LogP contribution is 2.44. The van der Waals surface area contributed by atoms with Gasteiger partial charge in [-0.3, -0.25) is 9.59 Å². The van der Waals surface area contributed by atoms with Crippen LogP contribution in [0.25, 0.3) is 0 Å². The molecular weight excluding hydrogens is 392 g/mol. The Morgan fingerprint density at radius 3 is 1.45 bits per heavy atom. The van der Waals surface area contributed by atoms with Crippen LogP contribution >= 0.6 is 0 Å². The molecule has 0 bridgehead atoms. The molecule has 2 amide bonds. The van der Waals surface area contributed by atoms with Gasteiger partial charge in [0.1, 0.15) is 17.2 Å². The summed E-state index contributed by atoms with van der Waals surface area (Å²) in [5.41, 5.74) is 1.56. The third-order valence-electron chi connectivity index (χ3n) is 6.92. The molecule has 2 unspecified atom stereocenters. The zero-order chi connectivity index (χ0) is 22.2. The average molecular weight is 423 g/mol. The first kappa shape index (κ1) is 21.2. The van der Waals surface area contributed by atoms with Gasteiger partial charge in [-0.2, -0.15) is 0 Å². The molecule has 164 valence electrons. The first-order chi connectivity index (χ1) is 14.8. The maximum absolute atomic E-state index is 12.9. The lowest BCUT2D eigenvalue weighted by molar-refractivity contribution is -0.143. The predicted molar refractivity (Wildman–Crippen MR) is 118 cm³/mol. The molecule has 2 aromatic carbocycles. The molecule has 2 saturated heterocycles. The van der Waals surface area contributed by atoms with Crippen molar-refractivity contribution in [3.8, 4) is 11.5 Å². The van der Waals surface area contributed by atoms with Crippen molar-refractivity contribution in [3.05, 3.63) is 59.7 Å². The van der Waals surface area contributed by atoms with Gasteiger partial charge < -0.3 is 20.0 Å². The second-order valence-corrected chi connectivity index (χ2v) is 8.98. The SMILES string of the molecule is CC(CN1C(=O)CCC12CCC(=O)N2CC(C)c1ccc(O)cc1)c1ccc(O)cc1. The Labute approximate surface area is 183 Å². The van der Waals surface area contributed by atoms with Gasteiger partial charge in [0.15, 0.2) is 0 Å². The Morgan fingerprint density at radius 1 is 0.742 bits per heavy atom. The van der Waals surface area contributed by atoms with Crippen molar-refractivity contribution in [1.82, 2.24) is 9.80 Å². The van der Waals surface area contributed by atoms with E-state index in [0.717, 1.165) is 11.1 Å². The standard InChI is InChI=1S/C25H30N2O4/c1-17(19-3-7-21(28)8-4-19)15-26-23(30)11-13-25(26)14-12-24(31)27(25)16-18(2)20-5-9-22(29)10-6-20/h3-10,17-18,28-29H,11-16H2,1-2H3. The second-order valence-electron chi connectivity index (χ2n) is 8.98. The van der Waals surface area contributed by atoms with E-state index in [0.29, 0.717) is 38.8 Å². The molecule has 2 aromatic rings. The maximum Gasteiger partial charge on any atom is 0.224 e. The number of hydrogen-bond donors (Lipinski definition) is 2. The van der Waals surface area contributed by atoms with Crippen LogP contribution in [-0.4, -0.2) is 50.6 Å². The number of amides is 2. The van der Waals surface area contributed by atoms with Crippen LogP contribution in [0.1, 0.15) is 62.5 Å². The molecule has 2 aliphatic heterocycles. The van der Waals surface area contributed by atoms with Gasteiger partial charge in [-0.05, 0) is 60.1 Å². The molecule has 2 atom stereocenters. The van der Waals surface area contributed by atoms with Gasteiger partial charge in [-0.15, -0.1) is 0 Å². The van der Waals surface area contributed by atoms with Gasteiger partial charge in [-0.1, -0.05) is 38.1 Å². The highest BCUT2D eigenvalue weighted by atomic mass is 16.3. The van der Waals surface area contributed by atoms with Gasteiger partial charge in [-0.25, -0.2) is 0 Å². The lowest BCUT2D eigenvalue weighted by Crippen LogP contribution is -2.57. The van der Waals surface area contributed by atoms with Crippen LogP contribution in [0.5, 0.6) is 11.5 Å². The molecule has 0 saturated carbocycles. The number of nitrogens with zero attached hydrogens (tertiary/aromatic N) is 2. The van der Waals surface area contributed by atoms with Crippen LogP contribution in [0, 0.1) is 0 Å². The fourth-order valence-electron chi connectivity index (χ4n) is 5.07. The monoisotopic (exact) mass is 422 g/mol. The normalized spacial score (nSPS) is 23.0. The maximum atomic E-state index is 12.9. The predicted octanol–water partition coefficient (Wildman–Crippen LogP) is 3.95. The molecule has 0 aliphatic carbocycles. The van der Waals surface area contributed by atoms with Crippen molar-refractivity contribution in [2.75, 3.05) is 13.1 Å². The van der Waals surface area contributed by atoms with Crippen LogP contribution in [0.4, 0.5) is 0 Å². The smallest absolute Gasteiger partial charge is 0.224 e. The lowest BCUT2D eigenvalue weighted by atomic mass is 9.96. The molecule has 0 radical (unpaired) electrons. The first-order valence-electron chi connectivity index (χ1n) is 11.0. The van der Waals surface area contributed by atoms with E-state index in [2.05, 4.69) is 13.8 Å². The number of benzene rings is 2. The zero-order valence-corrected chi connectivity index (χ0v) is 18.1. The lowest BCUT2D eigenvalue weighted by Gasteiger charge is -2.44. The topological polar surface area (TPSA) is 81.1 Å². The second kappa shape index (κ2) is 8.25. The van der Waals surface area contributed by atoms with E-state index < -0.39 is 5.66 Å². The molecule has 2 heterocycles. The Morgan fingerprint density at radius 2 is 1.10 bits per heavy atom. The van der Waals surface area contributed by atoms with Crippen molar-refractivity contribution in [2.24, 2.45) is 0 Å². The summed E-state index contributed by atoms with van der Waals surface area (Å²) in [6.45, 7) is 5.24. The number of phenolic OH excluding ortho intramolecular Hbond substituents is 2. The molecule has 1 spiro atoms. The summed E-state index contributed by atoms with van der Waals surface area (Å²) in [4.78, 5) is 29.7. The van der Waals surface area contributed by atoms with Crippen LogP contribution in [-0.2, 0) is 9.59 Å². The molecule has 2 N–H and O–H groups in total. The van der Waals surface area contributed by atoms with Crippen LogP contribution in [0.3, 0.4) is 0 Å². The Balaban J connectivity index is 1.56. The third-order valence-corrected chi connectivity index (χ3v) is 6.92. The van der Waals surface area contributed by atoms with Crippen LogP contribution in [0.15, 0.2) is 48.5 Å². The Kier molecular flexibility index (Phi) is 5.65. The molecule has 2 aliphatic rings. The number of aromatic hydroxyl groups is 2. The zero-order valence-electron chi connectivity index (χ0n) is 18.1. The Hall–Kier alpha value is -3.02. The minimum Gasteiger partial charge on any atom is -0.508 e. The highest BCUT2D eigenvalue weighted by Gasteiger charge is 2.55. The Bertz CT molecular complexity index is 875. The first-order valence-corrected chi connectivity index (χ1v) is 11.0. The number of rotatable bonds is 6. The summed E-state index contributed by atoms with van der Waals surface area (Å²) in [7, 11) is 0. The van der Waals surface area contributed by atoms with Gasteiger partial charge in [0.05, 0.1) is 0 Å². The van der Waals surface area contributed by atoms with Crippen molar-refractivity contribution < 1.29 is 19.8 Å². The number of carbonyl (C=O) groups is 2. The van der Waals surface area contributed by atoms with E-state index in [9.17, 15) is 19.8 Å². The van der Waals surface area contributed by atoms with E-state index in [1.807, 2.05) is 34.1 Å². The summed E-state index contributed by atoms with van der Waals surface area (Å²) in [6, 6.07) is 14.2. The third kappa shape index (κ3) is 3.99. The molecule has 0 aromatic heterocycles. The van der Waals surface area contributed by atoms with E-state index in [1.165, 1.54) is 0 Å². The van der Waals surface area contributed by atoms with Crippen LogP contribution < -0.4 is 0 Å². The summed E-state index contributed by atoms with van der Waals surface area (Å²) in [5, 5.41) is 19.1. The number of likely N-dealkylation sites (tertiary alicyclic amines) is 2. The number of carbonyl (C=O) groups excluding carboxylic acids is 2. The minimum absolute atomic E-state index is 0.0894. The van der Waals surface area contributed by atoms with E-state index in [-0.39, 0.29) is 35.1 Å². The molecule has 31 heavy (non-hydrogen) atoms. The summed E-state index contributed by atoms with van der Waals surface area (Å²) in [5.74, 6) is 0.823. The molecule has 6 nitrogen and oxygen atoms in total. The largest absolute Gasteiger partial charge is 0.508 e. The minimum atomic E-state index is -0.551. The van der Waals surface area contributed by atoms with Crippen molar-refractivity contribution in [3.63, 3.8) is 0 Å². The molecule has 6 heteroatoms. The number of hydrogen-bond acceptors (Lipinski definition) is 4. The molecule has 2 fully saturated rings. The summed E-state index contributed by atoms with van der Waals surface area (Å²) in [6.07, 6.45) is 2.25. The van der Waals surface area contributed by atoms with E-state index in [1.54, 1.807) is 24.3 Å². The fraction of sp³-hybridized carbons (Fsp3) is 0.440. The summed E-state index contributed by atoms with van der Waals surface area (Å²) < 4.78 is 0. The average Bonchev–Trinajstić information content (AvgIpc) is 3.24.